The minimum atomic E-state index is -1.05. The number of rotatable bonds is 6. The van der Waals surface area contributed by atoms with Crippen LogP contribution < -0.4 is 0 Å². The molecule has 0 saturated heterocycles. The summed E-state index contributed by atoms with van der Waals surface area (Å²) < 4.78 is 16.4. The molecule has 1 heterocycles. The normalized spacial score (nSPS) is 12.4. The Balaban J connectivity index is 1.96. The first-order chi connectivity index (χ1) is 14.2. The number of aliphatic hydroxyl groups is 1. The second kappa shape index (κ2) is 8.79. The summed E-state index contributed by atoms with van der Waals surface area (Å²) in [6.07, 6.45) is 2.47. The smallest absolute Gasteiger partial charge is 0.254 e. The number of aromatic nitrogens is 2. The molecule has 158 valence electrons. The van der Waals surface area contributed by atoms with Gasteiger partial charge in [-0.15, -0.1) is 0 Å². The highest BCUT2D eigenvalue weighted by atomic mass is 19.1. The molecular weight excluding hydrogens is 381 g/mol. The quantitative estimate of drug-likeness (QED) is 0.644. The lowest BCUT2D eigenvalue weighted by Gasteiger charge is -2.31. The van der Waals surface area contributed by atoms with Crippen LogP contribution in [0.3, 0.4) is 0 Å². The third kappa shape index (κ3) is 4.28. The monoisotopic (exact) mass is 409 g/mol. The van der Waals surface area contributed by atoms with Crippen molar-refractivity contribution in [2.45, 2.75) is 52.8 Å². The summed E-state index contributed by atoms with van der Waals surface area (Å²) in [7, 11) is 0. The molecule has 0 bridgehead atoms. The first-order valence-electron chi connectivity index (χ1n) is 10.1. The van der Waals surface area contributed by atoms with Gasteiger partial charge in [0, 0.05) is 30.0 Å². The van der Waals surface area contributed by atoms with Crippen LogP contribution in [0, 0.1) is 12.7 Å². The summed E-state index contributed by atoms with van der Waals surface area (Å²) in [6, 6.07) is 11.9. The van der Waals surface area contributed by atoms with E-state index in [-0.39, 0.29) is 23.6 Å². The average Bonchev–Trinajstić information content (AvgIpc) is 3.23. The molecule has 1 unspecified atom stereocenters. The fraction of sp³-hybridized carbons (Fsp3) is 0.333. The summed E-state index contributed by atoms with van der Waals surface area (Å²) in [5, 5.41) is 15.2. The van der Waals surface area contributed by atoms with Crippen LogP contribution in [0.4, 0.5) is 4.39 Å². The van der Waals surface area contributed by atoms with Crippen LogP contribution in [0.2, 0.25) is 0 Å². The molecule has 3 rings (SSSR count). The summed E-state index contributed by atoms with van der Waals surface area (Å²) in [4.78, 5) is 14.8. The molecular formula is C24H28FN3O2. The number of nitrogens with zero attached hydrogens (tertiary/aromatic N) is 3. The van der Waals surface area contributed by atoms with Gasteiger partial charge in [0.15, 0.2) is 0 Å². The van der Waals surface area contributed by atoms with Gasteiger partial charge in [-0.1, -0.05) is 12.1 Å². The third-order valence-corrected chi connectivity index (χ3v) is 5.25. The average molecular weight is 410 g/mol. The van der Waals surface area contributed by atoms with Crippen molar-refractivity contribution in [2.75, 3.05) is 0 Å². The Morgan fingerprint density at radius 1 is 1.10 bits per heavy atom. The first-order valence-corrected chi connectivity index (χ1v) is 10.1. The fourth-order valence-electron chi connectivity index (χ4n) is 3.73. The highest BCUT2D eigenvalue weighted by molar-refractivity contribution is 5.95. The molecule has 6 heteroatoms. The third-order valence-electron chi connectivity index (χ3n) is 5.25. The number of aliphatic hydroxyl groups excluding tert-OH is 1. The molecule has 0 saturated carbocycles. The van der Waals surface area contributed by atoms with Gasteiger partial charge in [-0.05, 0) is 81.6 Å². The van der Waals surface area contributed by atoms with Gasteiger partial charge in [0.2, 0.25) is 0 Å². The van der Waals surface area contributed by atoms with Gasteiger partial charge in [0.1, 0.15) is 11.9 Å². The summed E-state index contributed by atoms with van der Waals surface area (Å²) >= 11 is 0. The second-order valence-electron chi connectivity index (χ2n) is 8.02. The SMILES string of the molecule is Cc1c(F)cc(C(=O)N(C(C)C)C(C)C)cc1C(O)c1ccc(-n2cccn2)cc1. The minimum Gasteiger partial charge on any atom is -0.384 e. The Kier molecular flexibility index (Phi) is 6.37. The molecule has 5 nitrogen and oxygen atoms in total. The lowest BCUT2D eigenvalue weighted by atomic mass is 9.94. The van der Waals surface area contributed by atoms with Gasteiger partial charge >= 0.3 is 0 Å². The highest BCUT2D eigenvalue weighted by Gasteiger charge is 2.25. The van der Waals surface area contributed by atoms with Crippen molar-refractivity contribution in [3.8, 4) is 5.69 Å². The van der Waals surface area contributed by atoms with E-state index in [1.165, 1.54) is 6.07 Å². The zero-order chi connectivity index (χ0) is 22.0. The number of carbonyl (C=O) groups is 1. The van der Waals surface area contributed by atoms with Crippen LogP contribution in [0.25, 0.3) is 5.69 Å². The molecule has 0 radical (unpaired) electrons. The summed E-state index contributed by atoms with van der Waals surface area (Å²) in [6.45, 7) is 9.33. The number of amides is 1. The molecule has 0 fully saturated rings. The van der Waals surface area contributed by atoms with Crippen molar-refractivity contribution in [1.29, 1.82) is 0 Å². The molecule has 1 amide bonds. The van der Waals surface area contributed by atoms with E-state index in [1.807, 2.05) is 52.1 Å². The Bertz CT molecular complexity index is 1000. The van der Waals surface area contributed by atoms with Gasteiger partial charge in [0.05, 0.1) is 5.69 Å². The fourth-order valence-corrected chi connectivity index (χ4v) is 3.73. The van der Waals surface area contributed by atoms with E-state index in [9.17, 15) is 14.3 Å². The van der Waals surface area contributed by atoms with Crippen LogP contribution in [0.5, 0.6) is 0 Å². The van der Waals surface area contributed by atoms with Crippen LogP contribution in [-0.2, 0) is 0 Å². The van der Waals surface area contributed by atoms with Crippen molar-refractivity contribution < 1.29 is 14.3 Å². The molecule has 0 aliphatic heterocycles. The maximum Gasteiger partial charge on any atom is 0.254 e. The molecule has 2 aromatic carbocycles. The maximum atomic E-state index is 14.7. The lowest BCUT2D eigenvalue weighted by molar-refractivity contribution is 0.0643. The van der Waals surface area contributed by atoms with E-state index in [0.29, 0.717) is 16.7 Å². The molecule has 0 spiro atoms. The molecule has 0 aliphatic carbocycles. The van der Waals surface area contributed by atoms with E-state index < -0.39 is 11.9 Å². The van der Waals surface area contributed by atoms with Crippen molar-refractivity contribution >= 4 is 5.91 Å². The van der Waals surface area contributed by atoms with Gasteiger partial charge in [-0.3, -0.25) is 4.79 Å². The van der Waals surface area contributed by atoms with Crippen molar-refractivity contribution in [1.82, 2.24) is 14.7 Å². The van der Waals surface area contributed by atoms with E-state index in [4.69, 9.17) is 0 Å². The molecule has 0 aliphatic rings. The van der Waals surface area contributed by atoms with Gasteiger partial charge in [-0.25, -0.2) is 9.07 Å². The van der Waals surface area contributed by atoms with Crippen molar-refractivity contribution in [2.24, 2.45) is 0 Å². The standard InChI is InChI=1S/C24H28FN3O2/c1-15(2)28(16(3)4)24(30)19-13-21(17(5)22(25)14-19)23(29)18-7-9-20(10-8-18)27-12-6-11-26-27/h6-16,23,29H,1-5H3. The minimum absolute atomic E-state index is 0.0231. The van der Waals surface area contributed by atoms with Crippen LogP contribution in [-0.4, -0.2) is 37.8 Å². The number of carbonyl (C=O) groups excluding carboxylic acids is 1. The zero-order valence-corrected chi connectivity index (χ0v) is 18.0. The Hall–Kier alpha value is -2.99. The number of hydrogen-bond acceptors (Lipinski definition) is 3. The zero-order valence-electron chi connectivity index (χ0n) is 18.0. The topological polar surface area (TPSA) is 58.4 Å². The number of benzene rings is 2. The Morgan fingerprint density at radius 3 is 2.27 bits per heavy atom. The second-order valence-corrected chi connectivity index (χ2v) is 8.02. The van der Waals surface area contributed by atoms with Crippen LogP contribution in [0.1, 0.15) is 60.8 Å². The van der Waals surface area contributed by atoms with E-state index >= 15 is 0 Å². The Labute approximate surface area is 176 Å². The highest BCUT2D eigenvalue weighted by Crippen LogP contribution is 2.29. The Morgan fingerprint density at radius 2 is 1.73 bits per heavy atom. The molecule has 1 atom stereocenters. The maximum absolute atomic E-state index is 14.7. The van der Waals surface area contributed by atoms with Gasteiger partial charge in [-0.2, -0.15) is 5.10 Å². The van der Waals surface area contributed by atoms with E-state index in [1.54, 1.807) is 40.9 Å². The lowest BCUT2D eigenvalue weighted by Crippen LogP contribution is -2.42. The number of hydrogen-bond donors (Lipinski definition) is 1. The molecule has 3 aromatic rings. The van der Waals surface area contributed by atoms with Crippen molar-refractivity contribution in [3.05, 3.63) is 82.9 Å². The van der Waals surface area contributed by atoms with Crippen LogP contribution >= 0.6 is 0 Å². The predicted molar refractivity (Wildman–Crippen MR) is 115 cm³/mol. The predicted octanol–water partition coefficient (Wildman–Crippen LogP) is 4.66. The molecule has 1 aromatic heterocycles. The summed E-state index contributed by atoms with van der Waals surface area (Å²) in [5.41, 5.74) is 2.42. The molecule has 1 N–H and O–H groups in total. The van der Waals surface area contributed by atoms with Gasteiger partial charge in [0.25, 0.3) is 5.91 Å². The largest absolute Gasteiger partial charge is 0.384 e. The van der Waals surface area contributed by atoms with Crippen molar-refractivity contribution in [3.63, 3.8) is 0 Å². The summed E-state index contributed by atoms with van der Waals surface area (Å²) in [5.74, 6) is -0.753. The molecule has 30 heavy (non-hydrogen) atoms. The van der Waals surface area contributed by atoms with E-state index in [2.05, 4.69) is 5.10 Å². The number of halogens is 1. The van der Waals surface area contributed by atoms with E-state index in [0.717, 1.165) is 5.69 Å². The van der Waals surface area contributed by atoms with Gasteiger partial charge < -0.3 is 10.0 Å². The first kappa shape index (κ1) is 21.7. The van der Waals surface area contributed by atoms with Crippen LogP contribution in [0.15, 0.2) is 54.9 Å².